The fraction of sp³-hybridized carbons (Fsp3) is 0.273. The van der Waals surface area contributed by atoms with Gasteiger partial charge in [-0.2, -0.15) is 0 Å². The van der Waals surface area contributed by atoms with Gasteiger partial charge in [-0.15, -0.1) is 0 Å². The lowest BCUT2D eigenvalue weighted by Gasteiger charge is -2.09. The Kier molecular flexibility index (Phi) is 3.99. The highest BCUT2D eigenvalue weighted by Crippen LogP contribution is 2.23. The predicted molar refractivity (Wildman–Crippen MR) is 52.8 cm³/mol. The molecule has 0 saturated heterocycles. The van der Waals surface area contributed by atoms with Crippen molar-refractivity contribution < 1.29 is 14.9 Å². The van der Waals surface area contributed by atoms with Crippen LogP contribution < -0.4 is 4.74 Å². The SMILES string of the molecule is COc1ccccc1C(O)C#CCO. The molecule has 1 aromatic carbocycles. The van der Waals surface area contributed by atoms with Crippen molar-refractivity contribution in [2.45, 2.75) is 6.10 Å². The van der Waals surface area contributed by atoms with Gasteiger partial charge >= 0.3 is 0 Å². The van der Waals surface area contributed by atoms with Gasteiger partial charge in [-0.1, -0.05) is 30.0 Å². The minimum absolute atomic E-state index is 0.258. The maximum absolute atomic E-state index is 9.60. The van der Waals surface area contributed by atoms with Crippen LogP contribution in [0.2, 0.25) is 0 Å². The Bertz CT molecular complexity index is 349. The smallest absolute Gasteiger partial charge is 0.143 e. The molecule has 0 amide bonds. The van der Waals surface area contributed by atoms with E-state index in [-0.39, 0.29) is 6.61 Å². The number of methoxy groups -OCH3 is 1. The summed E-state index contributed by atoms with van der Waals surface area (Å²) in [7, 11) is 1.53. The third kappa shape index (κ3) is 2.49. The first-order valence-corrected chi connectivity index (χ1v) is 4.20. The third-order valence-electron chi connectivity index (χ3n) is 1.75. The zero-order valence-corrected chi connectivity index (χ0v) is 7.90. The predicted octanol–water partition coefficient (Wildman–Crippen LogP) is 0.724. The Balaban J connectivity index is 2.93. The molecule has 1 unspecified atom stereocenters. The number of hydrogen-bond donors (Lipinski definition) is 2. The zero-order valence-electron chi connectivity index (χ0n) is 7.90. The zero-order chi connectivity index (χ0) is 10.4. The standard InChI is InChI=1S/C11H12O3/c1-14-11-7-3-2-5-9(11)10(13)6-4-8-12/h2-3,5,7,10,12-13H,8H2,1H3. The lowest BCUT2D eigenvalue weighted by molar-refractivity contribution is 0.231. The number of aliphatic hydroxyl groups excluding tert-OH is 2. The average molecular weight is 192 g/mol. The Labute approximate surface area is 83.0 Å². The van der Waals surface area contributed by atoms with Crippen LogP contribution >= 0.6 is 0 Å². The molecule has 1 aromatic rings. The molecule has 0 heterocycles. The van der Waals surface area contributed by atoms with E-state index in [1.165, 1.54) is 7.11 Å². The number of benzene rings is 1. The third-order valence-corrected chi connectivity index (χ3v) is 1.75. The van der Waals surface area contributed by atoms with Gasteiger partial charge in [0.05, 0.1) is 7.11 Å². The summed E-state index contributed by atoms with van der Waals surface area (Å²) in [4.78, 5) is 0. The van der Waals surface area contributed by atoms with E-state index in [2.05, 4.69) is 11.8 Å². The highest BCUT2D eigenvalue weighted by Gasteiger charge is 2.08. The quantitative estimate of drug-likeness (QED) is 0.679. The second kappa shape index (κ2) is 5.28. The molecule has 0 bridgehead atoms. The van der Waals surface area contributed by atoms with Crippen LogP contribution in [0.15, 0.2) is 24.3 Å². The monoisotopic (exact) mass is 192 g/mol. The van der Waals surface area contributed by atoms with Crippen molar-refractivity contribution in [3.05, 3.63) is 29.8 Å². The van der Waals surface area contributed by atoms with E-state index < -0.39 is 6.10 Å². The van der Waals surface area contributed by atoms with Crippen LogP contribution in [-0.2, 0) is 0 Å². The fourth-order valence-corrected chi connectivity index (χ4v) is 1.11. The van der Waals surface area contributed by atoms with Gasteiger partial charge in [0.25, 0.3) is 0 Å². The molecule has 0 aliphatic rings. The van der Waals surface area contributed by atoms with Gasteiger partial charge in [-0.05, 0) is 6.07 Å². The molecule has 74 valence electrons. The highest BCUT2D eigenvalue weighted by atomic mass is 16.5. The molecule has 2 N–H and O–H groups in total. The van der Waals surface area contributed by atoms with Crippen LogP contribution in [0.1, 0.15) is 11.7 Å². The molecule has 3 heteroatoms. The molecular weight excluding hydrogens is 180 g/mol. The van der Waals surface area contributed by atoms with Crippen molar-refractivity contribution in [2.24, 2.45) is 0 Å². The summed E-state index contributed by atoms with van der Waals surface area (Å²) in [6, 6.07) is 7.09. The second-order valence-electron chi connectivity index (χ2n) is 2.62. The largest absolute Gasteiger partial charge is 0.496 e. The summed E-state index contributed by atoms with van der Waals surface area (Å²) >= 11 is 0. The molecule has 0 fully saturated rings. The number of rotatable bonds is 2. The van der Waals surface area contributed by atoms with Crippen LogP contribution in [0, 0.1) is 11.8 Å². The molecule has 0 aliphatic heterocycles. The normalized spacial score (nSPS) is 11.4. The van der Waals surface area contributed by atoms with Gasteiger partial charge in [0.15, 0.2) is 0 Å². The summed E-state index contributed by atoms with van der Waals surface area (Å²) in [5.41, 5.74) is 0.607. The van der Waals surface area contributed by atoms with Crippen LogP contribution in [0.4, 0.5) is 0 Å². The molecule has 3 nitrogen and oxygen atoms in total. The molecule has 0 spiro atoms. The minimum Gasteiger partial charge on any atom is -0.496 e. The topological polar surface area (TPSA) is 49.7 Å². The molecule has 1 rings (SSSR count). The molecule has 0 saturated carbocycles. The summed E-state index contributed by atoms with van der Waals surface area (Å²) in [6.07, 6.45) is -0.918. The van der Waals surface area contributed by atoms with Crippen LogP contribution in [0.5, 0.6) is 5.75 Å². The molecule has 14 heavy (non-hydrogen) atoms. The first-order chi connectivity index (χ1) is 6.79. The van der Waals surface area contributed by atoms with Gasteiger partial charge in [-0.25, -0.2) is 0 Å². The van der Waals surface area contributed by atoms with Gasteiger partial charge in [0, 0.05) is 5.56 Å². The maximum atomic E-state index is 9.60. The van der Waals surface area contributed by atoms with E-state index in [0.29, 0.717) is 11.3 Å². The molecule has 0 aliphatic carbocycles. The first kappa shape index (κ1) is 10.6. The van der Waals surface area contributed by atoms with Crippen molar-refractivity contribution in [1.29, 1.82) is 0 Å². The van der Waals surface area contributed by atoms with E-state index in [1.807, 2.05) is 6.07 Å². The summed E-state index contributed by atoms with van der Waals surface area (Å²) in [6.45, 7) is -0.258. The van der Waals surface area contributed by atoms with Crippen molar-refractivity contribution >= 4 is 0 Å². The van der Waals surface area contributed by atoms with Gasteiger partial charge < -0.3 is 14.9 Å². The van der Waals surface area contributed by atoms with Crippen molar-refractivity contribution in [3.8, 4) is 17.6 Å². The maximum Gasteiger partial charge on any atom is 0.143 e. The van der Waals surface area contributed by atoms with Crippen molar-refractivity contribution in [3.63, 3.8) is 0 Å². The lowest BCUT2D eigenvalue weighted by atomic mass is 10.1. The molecule has 0 aromatic heterocycles. The summed E-state index contributed by atoms with van der Waals surface area (Å²) in [5.74, 6) is 5.49. The lowest BCUT2D eigenvalue weighted by Crippen LogP contribution is -1.98. The number of hydrogen-bond acceptors (Lipinski definition) is 3. The molecule has 0 radical (unpaired) electrons. The Hall–Kier alpha value is -1.50. The van der Waals surface area contributed by atoms with Crippen LogP contribution in [-0.4, -0.2) is 23.9 Å². The van der Waals surface area contributed by atoms with Gasteiger partial charge in [0.1, 0.15) is 18.5 Å². The molecule has 1 atom stereocenters. The Morgan fingerprint density at radius 2 is 2.14 bits per heavy atom. The van der Waals surface area contributed by atoms with Crippen molar-refractivity contribution in [2.75, 3.05) is 13.7 Å². The van der Waals surface area contributed by atoms with E-state index >= 15 is 0 Å². The summed E-state index contributed by atoms with van der Waals surface area (Å²) < 4.78 is 5.06. The van der Waals surface area contributed by atoms with Crippen molar-refractivity contribution in [1.82, 2.24) is 0 Å². The number of aliphatic hydroxyl groups is 2. The van der Waals surface area contributed by atoms with Gasteiger partial charge in [0.2, 0.25) is 0 Å². The number of ether oxygens (including phenoxy) is 1. The summed E-state index contributed by atoms with van der Waals surface area (Å²) in [5, 5.41) is 18.1. The van der Waals surface area contributed by atoms with E-state index in [0.717, 1.165) is 0 Å². The minimum atomic E-state index is -0.918. The first-order valence-electron chi connectivity index (χ1n) is 4.20. The average Bonchev–Trinajstić information content (AvgIpc) is 2.25. The second-order valence-corrected chi connectivity index (χ2v) is 2.62. The number of para-hydroxylation sites is 1. The van der Waals surface area contributed by atoms with E-state index in [4.69, 9.17) is 9.84 Å². The van der Waals surface area contributed by atoms with E-state index in [9.17, 15) is 5.11 Å². The highest BCUT2D eigenvalue weighted by molar-refractivity contribution is 5.38. The van der Waals surface area contributed by atoms with Gasteiger partial charge in [-0.3, -0.25) is 0 Å². The fourth-order valence-electron chi connectivity index (χ4n) is 1.11. The Morgan fingerprint density at radius 3 is 2.79 bits per heavy atom. The Morgan fingerprint density at radius 1 is 1.43 bits per heavy atom. The van der Waals surface area contributed by atoms with Crippen LogP contribution in [0.3, 0.4) is 0 Å². The van der Waals surface area contributed by atoms with E-state index in [1.54, 1.807) is 18.2 Å². The van der Waals surface area contributed by atoms with Crippen LogP contribution in [0.25, 0.3) is 0 Å². The molecular formula is C11H12O3.